The highest BCUT2D eigenvalue weighted by atomic mass is 16.2. The van der Waals surface area contributed by atoms with Gasteiger partial charge in [0.15, 0.2) is 0 Å². The summed E-state index contributed by atoms with van der Waals surface area (Å²) in [6, 6.07) is 19.4. The SMILES string of the molecule is O=C(C1CNCC12CNCc1ccccc12)N1CCC(c2ccccc2)CC1. The maximum Gasteiger partial charge on any atom is 0.227 e. The van der Waals surface area contributed by atoms with Crippen LogP contribution in [0.5, 0.6) is 0 Å². The number of hydrogen-bond donors (Lipinski definition) is 2. The molecule has 2 fully saturated rings. The summed E-state index contributed by atoms with van der Waals surface area (Å²) in [4.78, 5) is 15.7. The minimum absolute atomic E-state index is 0.0229. The number of hydrogen-bond acceptors (Lipinski definition) is 3. The van der Waals surface area contributed by atoms with E-state index in [0.29, 0.717) is 11.8 Å². The quantitative estimate of drug-likeness (QED) is 0.848. The second-order valence-electron chi connectivity index (χ2n) is 8.61. The van der Waals surface area contributed by atoms with Crippen LogP contribution >= 0.6 is 0 Å². The molecule has 5 rings (SSSR count). The molecule has 2 atom stereocenters. The van der Waals surface area contributed by atoms with E-state index in [2.05, 4.69) is 70.1 Å². The van der Waals surface area contributed by atoms with Crippen LogP contribution in [0.4, 0.5) is 0 Å². The van der Waals surface area contributed by atoms with E-state index in [4.69, 9.17) is 0 Å². The van der Waals surface area contributed by atoms with Gasteiger partial charge in [0.2, 0.25) is 5.91 Å². The van der Waals surface area contributed by atoms with Crippen molar-refractivity contribution in [2.45, 2.75) is 30.7 Å². The molecule has 28 heavy (non-hydrogen) atoms. The number of likely N-dealkylation sites (tertiary alicyclic amines) is 1. The zero-order valence-corrected chi connectivity index (χ0v) is 16.4. The largest absolute Gasteiger partial charge is 0.342 e. The summed E-state index contributed by atoms with van der Waals surface area (Å²) in [5, 5.41) is 7.12. The van der Waals surface area contributed by atoms with Gasteiger partial charge in [-0.3, -0.25) is 4.79 Å². The molecule has 0 bridgehead atoms. The van der Waals surface area contributed by atoms with Gasteiger partial charge in [-0.1, -0.05) is 54.6 Å². The second kappa shape index (κ2) is 7.34. The first-order valence-corrected chi connectivity index (χ1v) is 10.6. The van der Waals surface area contributed by atoms with E-state index >= 15 is 0 Å². The van der Waals surface area contributed by atoms with Crippen LogP contribution in [-0.4, -0.2) is 43.5 Å². The van der Waals surface area contributed by atoms with E-state index in [0.717, 1.165) is 52.1 Å². The Morgan fingerprint density at radius 1 is 0.929 bits per heavy atom. The lowest BCUT2D eigenvalue weighted by atomic mass is 9.68. The van der Waals surface area contributed by atoms with Crippen LogP contribution in [0, 0.1) is 5.92 Å². The van der Waals surface area contributed by atoms with Crippen molar-refractivity contribution in [1.82, 2.24) is 15.5 Å². The first-order chi connectivity index (χ1) is 13.8. The Morgan fingerprint density at radius 2 is 1.64 bits per heavy atom. The highest BCUT2D eigenvalue weighted by Crippen LogP contribution is 2.41. The van der Waals surface area contributed by atoms with E-state index in [-0.39, 0.29) is 11.3 Å². The number of piperidine rings is 1. The Balaban J connectivity index is 1.34. The van der Waals surface area contributed by atoms with Crippen molar-refractivity contribution < 1.29 is 4.79 Å². The van der Waals surface area contributed by atoms with Crippen LogP contribution in [0.25, 0.3) is 0 Å². The monoisotopic (exact) mass is 375 g/mol. The molecule has 1 amide bonds. The zero-order valence-electron chi connectivity index (χ0n) is 16.4. The molecule has 3 heterocycles. The topological polar surface area (TPSA) is 44.4 Å². The normalized spacial score (nSPS) is 27.7. The fraction of sp³-hybridized carbons (Fsp3) is 0.458. The summed E-state index contributed by atoms with van der Waals surface area (Å²) in [5.74, 6) is 0.947. The minimum Gasteiger partial charge on any atom is -0.342 e. The van der Waals surface area contributed by atoms with Crippen molar-refractivity contribution in [3.05, 3.63) is 71.3 Å². The lowest BCUT2D eigenvalue weighted by Crippen LogP contribution is -2.54. The highest BCUT2D eigenvalue weighted by molar-refractivity contribution is 5.82. The van der Waals surface area contributed by atoms with Crippen LogP contribution in [0.3, 0.4) is 0 Å². The van der Waals surface area contributed by atoms with Crippen LogP contribution in [0.15, 0.2) is 54.6 Å². The molecule has 0 aliphatic carbocycles. The van der Waals surface area contributed by atoms with Crippen molar-refractivity contribution in [3.63, 3.8) is 0 Å². The van der Waals surface area contributed by atoms with Crippen molar-refractivity contribution in [2.75, 3.05) is 32.7 Å². The molecular formula is C24H29N3O. The molecule has 2 N–H and O–H groups in total. The number of nitrogens with zero attached hydrogens (tertiary/aromatic N) is 1. The van der Waals surface area contributed by atoms with E-state index in [9.17, 15) is 4.79 Å². The van der Waals surface area contributed by atoms with E-state index in [1.54, 1.807) is 0 Å². The van der Waals surface area contributed by atoms with Gasteiger partial charge in [-0.25, -0.2) is 0 Å². The van der Waals surface area contributed by atoms with E-state index in [1.807, 2.05) is 0 Å². The summed E-state index contributed by atoms with van der Waals surface area (Å²) < 4.78 is 0. The molecule has 2 saturated heterocycles. The molecule has 3 aliphatic rings. The molecule has 2 unspecified atom stereocenters. The fourth-order valence-corrected chi connectivity index (χ4v) is 5.60. The van der Waals surface area contributed by atoms with Crippen LogP contribution < -0.4 is 10.6 Å². The molecule has 146 valence electrons. The average Bonchev–Trinajstić information content (AvgIpc) is 3.18. The summed E-state index contributed by atoms with van der Waals surface area (Å²) >= 11 is 0. The number of benzene rings is 2. The molecule has 1 spiro atoms. The van der Waals surface area contributed by atoms with Gasteiger partial charge in [-0.05, 0) is 35.4 Å². The molecule has 3 aliphatic heterocycles. The number of rotatable bonds is 2. The number of amides is 1. The number of carbonyl (C=O) groups excluding carboxylic acids is 1. The van der Waals surface area contributed by atoms with Crippen LogP contribution in [0.2, 0.25) is 0 Å². The number of nitrogens with one attached hydrogen (secondary N) is 2. The van der Waals surface area contributed by atoms with Gasteiger partial charge in [-0.15, -0.1) is 0 Å². The highest BCUT2D eigenvalue weighted by Gasteiger charge is 2.51. The van der Waals surface area contributed by atoms with Gasteiger partial charge >= 0.3 is 0 Å². The molecule has 4 heteroatoms. The predicted molar refractivity (Wildman–Crippen MR) is 111 cm³/mol. The lowest BCUT2D eigenvalue weighted by Gasteiger charge is -2.42. The van der Waals surface area contributed by atoms with Gasteiger partial charge in [0.05, 0.1) is 5.92 Å². The standard InChI is InChI=1S/C24H29N3O/c28-23(27-12-10-19(11-13-27)18-6-2-1-3-7-18)22-15-26-17-24(22)16-25-14-20-8-4-5-9-21(20)24/h1-9,19,22,25-26H,10-17H2. The van der Waals surface area contributed by atoms with E-state index in [1.165, 1.54) is 16.7 Å². The third-order valence-electron chi connectivity index (χ3n) is 7.14. The van der Waals surface area contributed by atoms with Gasteiger partial charge in [0.1, 0.15) is 0 Å². The van der Waals surface area contributed by atoms with Gasteiger partial charge in [0.25, 0.3) is 0 Å². The maximum absolute atomic E-state index is 13.6. The first-order valence-electron chi connectivity index (χ1n) is 10.6. The van der Waals surface area contributed by atoms with E-state index < -0.39 is 0 Å². The molecule has 4 nitrogen and oxygen atoms in total. The van der Waals surface area contributed by atoms with Gasteiger partial charge in [-0.2, -0.15) is 0 Å². The third-order valence-corrected chi connectivity index (χ3v) is 7.14. The minimum atomic E-state index is -0.109. The number of carbonyl (C=O) groups is 1. The van der Waals surface area contributed by atoms with Crippen molar-refractivity contribution >= 4 is 5.91 Å². The van der Waals surface area contributed by atoms with Gasteiger partial charge < -0.3 is 15.5 Å². The average molecular weight is 376 g/mol. The summed E-state index contributed by atoms with van der Waals surface area (Å²) in [6.07, 6.45) is 2.13. The maximum atomic E-state index is 13.6. The number of fused-ring (bicyclic) bond motifs is 2. The zero-order chi connectivity index (χ0) is 19.0. The van der Waals surface area contributed by atoms with Gasteiger partial charge in [0, 0.05) is 44.7 Å². The van der Waals surface area contributed by atoms with Crippen molar-refractivity contribution in [3.8, 4) is 0 Å². The molecule has 0 radical (unpaired) electrons. The Labute approximate surface area is 167 Å². The first kappa shape index (κ1) is 17.9. The van der Waals surface area contributed by atoms with Crippen LogP contribution in [0.1, 0.15) is 35.4 Å². The lowest BCUT2D eigenvalue weighted by molar-refractivity contribution is -0.137. The second-order valence-corrected chi connectivity index (χ2v) is 8.61. The van der Waals surface area contributed by atoms with Crippen molar-refractivity contribution in [1.29, 1.82) is 0 Å². The molecule has 0 aromatic heterocycles. The third kappa shape index (κ3) is 2.96. The summed E-state index contributed by atoms with van der Waals surface area (Å²) in [7, 11) is 0. The Morgan fingerprint density at radius 3 is 2.46 bits per heavy atom. The van der Waals surface area contributed by atoms with Crippen molar-refractivity contribution in [2.24, 2.45) is 5.92 Å². The summed E-state index contributed by atoms with van der Waals surface area (Å²) in [5.41, 5.74) is 4.02. The Hall–Kier alpha value is -2.17. The Kier molecular flexibility index (Phi) is 4.69. The summed E-state index contributed by atoms with van der Waals surface area (Å²) in [6.45, 7) is 5.21. The Bertz CT molecular complexity index is 844. The molecule has 0 saturated carbocycles. The molecule has 2 aromatic carbocycles. The predicted octanol–water partition coefficient (Wildman–Crippen LogP) is 2.65. The van der Waals surface area contributed by atoms with Crippen LogP contribution in [-0.2, 0) is 16.8 Å². The smallest absolute Gasteiger partial charge is 0.227 e. The fourth-order valence-electron chi connectivity index (χ4n) is 5.60. The molecular weight excluding hydrogens is 346 g/mol. The molecule has 2 aromatic rings.